The maximum Gasteiger partial charge on any atom is 0.291 e. The van der Waals surface area contributed by atoms with Gasteiger partial charge in [0.05, 0.1) is 5.56 Å². The van der Waals surface area contributed by atoms with Gasteiger partial charge in [-0.2, -0.15) is 0 Å². The average Bonchev–Trinajstić information content (AvgIpc) is 2.70. The number of rotatable bonds is 7. The van der Waals surface area contributed by atoms with Gasteiger partial charge in [0.1, 0.15) is 0 Å². The number of anilines is 1. The quantitative estimate of drug-likeness (QED) is 0.420. The third-order valence-electron chi connectivity index (χ3n) is 4.18. The highest BCUT2D eigenvalue weighted by Crippen LogP contribution is 2.34. The molecule has 0 fully saturated rings. The number of hydrogen-bond acceptors (Lipinski definition) is 2. The lowest BCUT2D eigenvalue weighted by molar-refractivity contribution is -0.113. The Kier molecular flexibility index (Phi) is 5.22. The second kappa shape index (κ2) is 6.78. The molecule has 0 radical (unpaired) electrons. The zero-order chi connectivity index (χ0) is 16.3. The van der Waals surface area contributed by atoms with Crippen LogP contribution in [0.2, 0.25) is 19.6 Å². The van der Waals surface area contributed by atoms with Crippen LogP contribution in [0, 0.1) is 0 Å². The maximum atomic E-state index is 12.3. The Labute approximate surface area is 134 Å². The third kappa shape index (κ3) is 3.49. The smallest absolute Gasteiger partial charge is 0.291 e. The van der Waals surface area contributed by atoms with E-state index >= 15 is 0 Å². The van der Waals surface area contributed by atoms with Gasteiger partial charge in [-0.25, -0.2) is 0 Å². The molecule has 1 aliphatic heterocycles. The lowest BCUT2D eigenvalue weighted by Crippen LogP contribution is -2.49. The lowest BCUT2D eigenvalue weighted by Gasteiger charge is -2.29. The number of benzene rings is 1. The molecule has 1 aliphatic rings. The molecule has 0 saturated carbocycles. The topological polar surface area (TPSA) is 37.4 Å². The molecule has 3 nitrogen and oxygen atoms in total. The van der Waals surface area contributed by atoms with Gasteiger partial charge in [-0.15, -0.1) is 0 Å². The fourth-order valence-electron chi connectivity index (χ4n) is 3.04. The number of carbonyl (C=O) groups is 2. The first-order chi connectivity index (χ1) is 10.4. The summed E-state index contributed by atoms with van der Waals surface area (Å²) in [7, 11) is -1.88. The average molecular weight is 318 g/mol. The fraction of sp³-hybridized carbons (Fsp3) is 0.556. The molecule has 1 aromatic carbocycles. The summed E-state index contributed by atoms with van der Waals surface area (Å²) >= 11 is 0. The lowest BCUT2D eigenvalue weighted by atomic mass is 10.0. The highest BCUT2D eigenvalue weighted by Gasteiger charge is 2.42. The van der Waals surface area contributed by atoms with Crippen LogP contribution in [0.3, 0.4) is 0 Å². The maximum absolute atomic E-state index is 12.3. The Bertz CT molecular complexity index is 575. The zero-order valence-corrected chi connectivity index (χ0v) is 15.2. The number of hydrogen-bond donors (Lipinski definition) is 0. The number of unbranched alkanes of at least 4 members (excludes halogenated alkanes) is 4. The Hall–Kier alpha value is -1.42. The van der Waals surface area contributed by atoms with Crippen LogP contribution in [0.15, 0.2) is 18.2 Å². The monoisotopic (exact) mass is 317 g/mol. The summed E-state index contributed by atoms with van der Waals surface area (Å²) < 4.78 is 1.76. The summed E-state index contributed by atoms with van der Waals surface area (Å²) in [6.07, 6.45) is 7.20. The fourth-order valence-corrected chi connectivity index (χ4v) is 4.67. The van der Waals surface area contributed by atoms with Crippen LogP contribution in [0.1, 0.15) is 54.9 Å². The number of Topliss-reactive ketones (excluding diaryl/α,β-unsaturated/α-hetero) is 1. The molecular weight excluding hydrogens is 290 g/mol. The first-order valence-electron chi connectivity index (χ1n) is 8.38. The number of amides is 1. The van der Waals surface area contributed by atoms with Crippen molar-refractivity contribution < 1.29 is 9.59 Å². The summed E-state index contributed by atoms with van der Waals surface area (Å²) in [5.74, 6) is -0.667. The molecule has 120 valence electrons. The van der Waals surface area contributed by atoms with Gasteiger partial charge in [-0.3, -0.25) is 9.59 Å². The molecule has 0 unspecified atom stereocenters. The van der Waals surface area contributed by atoms with Crippen LogP contribution in [0.4, 0.5) is 5.69 Å². The van der Waals surface area contributed by atoms with Crippen LogP contribution in [0.25, 0.3) is 0 Å². The first kappa shape index (κ1) is 16.9. The van der Waals surface area contributed by atoms with Gasteiger partial charge in [-0.1, -0.05) is 58.3 Å². The summed E-state index contributed by atoms with van der Waals surface area (Å²) in [4.78, 5) is 24.5. The van der Waals surface area contributed by atoms with E-state index in [9.17, 15) is 9.59 Å². The molecule has 0 bridgehead atoms. The summed E-state index contributed by atoms with van der Waals surface area (Å²) in [5.41, 5.74) is 2.61. The minimum Gasteiger partial charge on any atom is -0.333 e. The van der Waals surface area contributed by atoms with Crippen molar-refractivity contribution in [2.24, 2.45) is 0 Å². The van der Waals surface area contributed by atoms with Crippen molar-refractivity contribution in [3.05, 3.63) is 29.3 Å². The van der Waals surface area contributed by atoms with Gasteiger partial charge in [0, 0.05) is 5.69 Å². The molecule has 22 heavy (non-hydrogen) atoms. The molecule has 1 heterocycles. The van der Waals surface area contributed by atoms with E-state index < -0.39 is 8.24 Å². The van der Waals surface area contributed by atoms with Crippen molar-refractivity contribution in [3.63, 3.8) is 0 Å². The summed E-state index contributed by atoms with van der Waals surface area (Å²) in [6, 6.07) is 5.99. The van der Waals surface area contributed by atoms with Gasteiger partial charge in [0.25, 0.3) is 11.7 Å². The number of carbonyl (C=O) groups excluding carboxylic acids is 2. The molecule has 0 saturated heterocycles. The number of ketones is 1. The Morgan fingerprint density at radius 2 is 1.68 bits per heavy atom. The van der Waals surface area contributed by atoms with Crippen molar-refractivity contribution in [3.8, 4) is 0 Å². The Morgan fingerprint density at radius 1 is 1.00 bits per heavy atom. The van der Waals surface area contributed by atoms with E-state index in [0.717, 1.165) is 18.5 Å². The van der Waals surface area contributed by atoms with E-state index in [-0.39, 0.29) is 11.7 Å². The number of aryl methyl sites for hydroxylation is 1. The molecular formula is C18H27NO2Si. The second-order valence-corrected chi connectivity index (χ2v) is 11.9. The minimum atomic E-state index is -1.88. The molecule has 1 aromatic rings. The van der Waals surface area contributed by atoms with Gasteiger partial charge in [0.2, 0.25) is 0 Å². The van der Waals surface area contributed by atoms with Crippen molar-refractivity contribution in [2.75, 3.05) is 4.57 Å². The van der Waals surface area contributed by atoms with E-state index in [1.54, 1.807) is 4.57 Å². The molecule has 0 N–H and O–H groups in total. The highest BCUT2D eigenvalue weighted by molar-refractivity contribution is 6.87. The van der Waals surface area contributed by atoms with Crippen molar-refractivity contribution in [2.45, 2.75) is 65.1 Å². The predicted molar refractivity (Wildman–Crippen MR) is 94.1 cm³/mol. The standard InChI is InChI=1S/C18H27NO2Si/c1-5-6-7-8-9-10-14-11-12-16-15(13-14)17(20)18(21)19(16)22(2,3)4/h11-13H,5-10H2,1-4H3. The van der Waals surface area contributed by atoms with Crippen LogP contribution < -0.4 is 4.57 Å². The summed E-state index contributed by atoms with van der Waals surface area (Å²) in [6.45, 7) is 8.49. The number of fused-ring (bicyclic) bond motifs is 1. The molecule has 0 aromatic heterocycles. The van der Waals surface area contributed by atoms with Crippen molar-refractivity contribution in [1.29, 1.82) is 0 Å². The van der Waals surface area contributed by atoms with E-state index in [1.165, 1.54) is 31.2 Å². The van der Waals surface area contributed by atoms with E-state index in [1.807, 2.05) is 12.1 Å². The molecule has 0 atom stereocenters. The van der Waals surface area contributed by atoms with Crippen LogP contribution in [-0.4, -0.2) is 19.9 Å². The zero-order valence-electron chi connectivity index (χ0n) is 14.2. The van der Waals surface area contributed by atoms with Gasteiger partial charge in [-0.05, 0) is 30.5 Å². The van der Waals surface area contributed by atoms with Crippen LogP contribution in [-0.2, 0) is 11.2 Å². The largest absolute Gasteiger partial charge is 0.333 e. The van der Waals surface area contributed by atoms with Crippen LogP contribution in [0.5, 0.6) is 0 Å². The van der Waals surface area contributed by atoms with E-state index in [4.69, 9.17) is 0 Å². The van der Waals surface area contributed by atoms with Gasteiger partial charge < -0.3 is 4.57 Å². The normalized spacial score (nSPS) is 14.6. The SMILES string of the molecule is CCCCCCCc1ccc2c(c1)C(=O)C(=O)N2[Si](C)(C)C. The minimum absolute atomic E-state index is 0.328. The second-order valence-electron chi connectivity index (χ2n) is 7.16. The molecule has 1 amide bonds. The van der Waals surface area contributed by atoms with Crippen molar-refractivity contribution in [1.82, 2.24) is 0 Å². The molecule has 4 heteroatoms. The van der Waals surface area contributed by atoms with Gasteiger partial charge >= 0.3 is 0 Å². The van der Waals surface area contributed by atoms with E-state index in [2.05, 4.69) is 32.6 Å². The highest BCUT2D eigenvalue weighted by atomic mass is 28.3. The van der Waals surface area contributed by atoms with Gasteiger partial charge in [0.15, 0.2) is 8.24 Å². The Morgan fingerprint density at radius 3 is 2.32 bits per heavy atom. The van der Waals surface area contributed by atoms with Crippen molar-refractivity contribution >= 4 is 25.6 Å². The predicted octanol–water partition coefficient (Wildman–Crippen LogP) is 4.56. The first-order valence-corrected chi connectivity index (χ1v) is 11.8. The third-order valence-corrected chi connectivity index (χ3v) is 5.97. The Balaban J connectivity index is 2.12. The van der Waals surface area contributed by atoms with Crippen LogP contribution >= 0.6 is 0 Å². The van der Waals surface area contributed by atoms with E-state index in [0.29, 0.717) is 5.56 Å². The molecule has 0 spiro atoms. The molecule has 0 aliphatic carbocycles. The summed E-state index contributed by atoms with van der Waals surface area (Å²) in [5, 5.41) is 0. The molecule has 2 rings (SSSR count). The number of nitrogens with zero attached hydrogens (tertiary/aromatic N) is 1.